The molecule has 0 bridgehead atoms. The lowest BCUT2D eigenvalue weighted by molar-refractivity contribution is -0.944. The second-order valence-electron chi connectivity index (χ2n) is 7.34. The third kappa shape index (κ3) is 3.77. The molecule has 27 heavy (non-hydrogen) atoms. The fourth-order valence-corrected chi connectivity index (χ4v) is 5.02. The lowest BCUT2D eigenvalue weighted by Gasteiger charge is -2.27. The molecule has 0 spiro atoms. The molecule has 1 aromatic carbocycles. The van der Waals surface area contributed by atoms with Gasteiger partial charge < -0.3 is 9.64 Å². The van der Waals surface area contributed by atoms with Gasteiger partial charge in [-0.05, 0) is 50.5 Å². The number of aromatic nitrogens is 2. The minimum absolute atomic E-state index is 0.0315. The summed E-state index contributed by atoms with van der Waals surface area (Å²) in [4.78, 5) is 19.6. The number of benzene rings is 1. The van der Waals surface area contributed by atoms with Crippen LogP contribution < -0.4 is 15.2 Å². The number of thiazole rings is 1. The molecule has 142 valence electrons. The second kappa shape index (κ2) is 7.82. The molecule has 3 aromatic rings. The van der Waals surface area contributed by atoms with Gasteiger partial charge in [0.25, 0.3) is 5.56 Å². The molecule has 1 saturated heterocycles. The van der Waals surface area contributed by atoms with Gasteiger partial charge in [-0.15, -0.1) is 11.3 Å². The fraction of sp³-hybridized carbons (Fsp3) is 0.429. The largest absolute Gasteiger partial charge is 0.497 e. The van der Waals surface area contributed by atoms with Gasteiger partial charge in [0, 0.05) is 29.1 Å². The van der Waals surface area contributed by atoms with Crippen LogP contribution in [0.15, 0.2) is 40.5 Å². The number of aryl methyl sites for hydroxylation is 1. The quantitative estimate of drug-likeness (QED) is 0.752. The summed E-state index contributed by atoms with van der Waals surface area (Å²) >= 11 is 1.54. The Bertz CT molecular complexity index is 977. The normalized spacial score (nSPS) is 20.5. The van der Waals surface area contributed by atoms with E-state index < -0.39 is 0 Å². The molecule has 1 aliphatic rings. The maximum absolute atomic E-state index is 12.5. The Kier molecular flexibility index (Phi) is 5.27. The van der Waals surface area contributed by atoms with Gasteiger partial charge in [0.1, 0.15) is 24.0 Å². The minimum atomic E-state index is 0.0315. The predicted molar refractivity (Wildman–Crippen MR) is 108 cm³/mol. The van der Waals surface area contributed by atoms with Crippen LogP contribution in [0.4, 0.5) is 0 Å². The van der Waals surface area contributed by atoms with Crippen LogP contribution in [0.3, 0.4) is 0 Å². The van der Waals surface area contributed by atoms with Gasteiger partial charge in [-0.2, -0.15) is 0 Å². The van der Waals surface area contributed by atoms with E-state index in [4.69, 9.17) is 9.72 Å². The van der Waals surface area contributed by atoms with Crippen LogP contribution in [0.5, 0.6) is 5.75 Å². The van der Waals surface area contributed by atoms with E-state index in [0.717, 1.165) is 35.2 Å². The van der Waals surface area contributed by atoms with Gasteiger partial charge in [-0.25, -0.2) is 4.98 Å². The molecular formula is C21H26N3O2S+. The first kappa shape index (κ1) is 18.2. The molecule has 1 unspecified atom stereocenters. The molecule has 3 heterocycles. The highest BCUT2D eigenvalue weighted by Crippen LogP contribution is 2.22. The first-order valence-electron chi connectivity index (χ1n) is 9.61. The van der Waals surface area contributed by atoms with Crippen molar-refractivity contribution in [2.45, 2.75) is 45.2 Å². The summed E-state index contributed by atoms with van der Waals surface area (Å²) in [5.41, 5.74) is 3.23. The third-order valence-electron chi connectivity index (χ3n) is 5.54. The molecular weight excluding hydrogens is 358 g/mol. The Morgan fingerprint density at radius 1 is 1.26 bits per heavy atom. The number of nitrogens with one attached hydrogen (secondary N) is 1. The van der Waals surface area contributed by atoms with Gasteiger partial charge in [-0.1, -0.05) is 0 Å². The number of likely N-dealkylation sites (tertiary alicyclic amines) is 1. The van der Waals surface area contributed by atoms with E-state index in [1.807, 2.05) is 24.4 Å². The highest BCUT2D eigenvalue weighted by Gasteiger charge is 2.27. The van der Waals surface area contributed by atoms with Crippen molar-refractivity contribution in [2.75, 3.05) is 13.7 Å². The van der Waals surface area contributed by atoms with E-state index in [-0.39, 0.29) is 5.56 Å². The van der Waals surface area contributed by atoms with Gasteiger partial charge in [0.2, 0.25) is 0 Å². The lowest BCUT2D eigenvalue weighted by atomic mass is 10.0. The van der Waals surface area contributed by atoms with Crippen LogP contribution in [-0.4, -0.2) is 23.0 Å². The molecule has 5 nitrogen and oxygen atoms in total. The van der Waals surface area contributed by atoms with Gasteiger partial charge >= 0.3 is 0 Å². The molecule has 4 rings (SSSR count). The lowest BCUT2D eigenvalue weighted by Crippen LogP contribution is -3.10. The van der Waals surface area contributed by atoms with Crippen LogP contribution in [0.2, 0.25) is 0 Å². The SMILES string of the molecule is COc1ccc([C@H]2CCCCC[NH+]2Cc2cc(=O)n3c(C)csc3n2)cc1. The minimum Gasteiger partial charge on any atom is -0.497 e. The molecule has 0 aliphatic carbocycles. The Labute approximate surface area is 163 Å². The Morgan fingerprint density at radius 3 is 2.85 bits per heavy atom. The molecule has 0 saturated carbocycles. The van der Waals surface area contributed by atoms with Gasteiger partial charge in [0.05, 0.1) is 13.7 Å². The number of quaternary nitrogens is 1. The molecule has 1 aliphatic heterocycles. The van der Waals surface area contributed by atoms with E-state index >= 15 is 0 Å². The van der Waals surface area contributed by atoms with Crippen LogP contribution in [0.25, 0.3) is 4.96 Å². The number of hydrogen-bond acceptors (Lipinski definition) is 4. The second-order valence-corrected chi connectivity index (χ2v) is 8.18. The fourth-order valence-electron chi connectivity index (χ4n) is 4.13. The summed E-state index contributed by atoms with van der Waals surface area (Å²) in [6.07, 6.45) is 4.91. The standard InChI is InChI=1S/C21H25N3O2S/c1-15-14-27-21-22-17(12-20(25)24(15)21)13-23-11-5-3-4-6-19(23)16-7-9-18(26-2)10-8-16/h7-10,12,14,19H,3-6,11,13H2,1-2H3/p+1/t19-/m1/s1. The van der Waals surface area contributed by atoms with Crippen molar-refractivity contribution in [3.63, 3.8) is 0 Å². The molecule has 2 aromatic heterocycles. The predicted octanol–water partition coefficient (Wildman–Crippen LogP) is 2.77. The van der Waals surface area contributed by atoms with E-state index in [1.54, 1.807) is 17.6 Å². The zero-order valence-electron chi connectivity index (χ0n) is 15.9. The monoisotopic (exact) mass is 384 g/mol. The van der Waals surface area contributed by atoms with E-state index in [0.29, 0.717) is 6.04 Å². The topological polar surface area (TPSA) is 48.0 Å². The van der Waals surface area contributed by atoms with Crippen molar-refractivity contribution in [3.05, 3.63) is 63.0 Å². The zero-order valence-corrected chi connectivity index (χ0v) is 16.7. The highest BCUT2D eigenvalue weighted by molar-refractivity contribution is 7.15. The average Bonchev–Trinajstić information content (AvgIpc) is 2.90. The Balaban J connectivity index is 1.63. The number of rotatable bonds is 4. The van der Waals surface area contributed by atoms with Crippen LogP contribution in [-0.2, 0) is 6.54 Å². The zero-order chi connectivity index (χ0) is 18.8. The average molecular weight is 385 g/mol. The number of hydrogen-bond donors (Lipinski definition) is 1. The van der Waals surface area contributed by atoms with Crippen molar-refractivity contribution in [2.24, 2.45) is 0 Å². The number of methoxy groups -OCH3 is 1. The summed E-state index contributed by atoms with van der Waals surface area (Å²) < 4.78 is 7.01. The molecule has 1 fully saturated rings. The Morgan fingerprint density at radius 2 is 2.07 bits per heavy atom. The van der Waals surface area contributed by atoms with Crippen molar-refractivity contribution < 1.29 is 9.64 Å². The maximum atomic E-state index is 12.5. The maximum Gasteiger partial charge on any atom is 0.259 e. The molecule has 2 atom stereocenters. The highest BCUT2D eigenvalue weighted by atomic mass is 32.1. The first-order chi connectivity index (χ1) is 13.2. The van der Waals surface area contributed by atoms with Crippen molar-refractivity contribution in [1.29, 1.82) is 0 Å². The number of ether oxygens (including phenoxy) is 1. The summed E-state index contributed by atoms with van der Waals surface area (Å²) in [5.74, 6) is 0.891. The van der Waals surface area contributed by atoms with Gasteiger partial charge in [0.15, 0.2) is 4.96 Å². The summed E-state index contributed by atoms with van der Waals surface area (Å²) in [6.45, 7) is 3.85. The number of fused-ring (bicyclic) bond motifs is 1. The first-order valence-corrected chi connectivity index (χ1v) is 10.5. The smallest absolute Gasteiger partial charge is 0.259 e. The van der Waals surface area contributed by atoms with E-state index in [1.165, 1.54) is 47.5 Å². The van der Waals surface area contributed by atoms with Crippen molar-refractivity contribution in [1.82, 2.24) is 9.38 Å². The Hall–Kier alpha value is -2.18. The molecule has 1 N–H and O–H groups in total. The van der Waals surface area contributed by atoms with Crippen LogP contribution in [0, 0.1) is 6.92 Å². The van der Waals surface area contributed by atoms with Crippen molar-refractivity contribution in [3.8, 4) is 5.75 Å². The number of nitrogens with zero attached hydrogens (tertiary/aromatic N) is 2. The van der Waals surface area contributed by atoms with Crippen LogP contribution >= 0.6 is 11.3 Å². The molecule has 0 radical (unpaired) electrons. The van der Waals surface area contributed by atoms with E-state index in [2.05, 4.69) is 12.1 Å². The third-order valence-corrected chi connectivity index (χ3v) is 6.48. The summed E-state index contributed by atoms with van der Waals surface area (Å²) in [5, 5.41) is 1.99. The molecule has 0 amide bonds. The molecule has 6 heteroatoms. The van der Waals surface area contributed by atoms with Gasteiger partial charge in [-0.3, -0.25) is 9.20 Å². The van der Waals surface area contributed by atoms with E-state index in [9.17, 15) is 4.79 Å². The van der Waals surface area contributed by atoms with Crippen LogP contribution in [0.1, 0.15) is 48.7 Å². The van der Waals surface area contributed by atoms with Crippen molar-refractivity contribution >= 4 is 16.3 Å². The summed E-state index contributed by atoms with van der Waals surface area (Å²) in [7, 11) is 1.70. The summed E-state index contributed by atoms with van der Waals surface area (Å²) in [6, 6.07) is 10.6.